The average Bonchev–Trinajstić information content (AvgIpc) is 3.15. The van der Waals surface area contributed by atoms with Gasteiger partial charge in [-0.2, -0.15) is 0 Å². The van der Waals surface area contributed by atoms with Gasteiger partial charge in [-0.3, -0.25) is 9.36 Å². The summed E-state index contributed by atoms with van der Waals surface area (Å²) >= 11 is 0. The Morgan fingerprint density at radius 1 is 1.25 bits per heavy atom. The Hall–Kier alpha value is -3.48. The van der Waals surface area contributed by atoms with Crippen molar-refractivity contribution in [3.05, 3.63) is 67.0 Å². The highest BCUT2D eigenvalue weighted by atomic mass is 16.5. The highest BCUT2D eigenvalue weighted by molar-refractivity contribution is 6.01. The van der Waals surface area contributed by atoms with Gasteiger partial charge in [-0.15, -0.1) is 0 Å². The Kier molecular flexibility index (Phi) is 4.62. The van der Waals surface area contributed by atoms with Crippen LogP contribution in [-0.4, -0.2) is 32.5 Å². The number of nitrogens with zero attached hydrogens (tertiary/aromatic N) is 4. The van der Waals surface area contributed by atoms with Crippen molar-refractivity contribution in [3.8, 4) is 11.6 Å². The fraction of sp³-hybridized carbons (Fsp3) is 0.0588. The molecule has 1 aromatic carbocycles. The molecule has 1 N–H and O–H groups in total. The molecule has 1 amide bonds. The lowest BCUT2D eigenvalue weighted by Crippen LogP contribution is -2.10. The van der Waals surface area contributed by atoms with Gasteiger partial charge in [0, 0.05) is 24.5 Å². The predicted molar refractivity (Wildman–Crippen MR) is 89.8 cm³/mol. The van der Waals surface area contributed by atoms with Crippen LogP contribution >= 0.6 is 0 Å². The van der Waals surface area contributed by atoms with E-state index in [1.54, 1.807) is 42.5 Å². The van der Waals surface area contributed by atoms with E-state index in [9.17, 15) is 4.79 Å². The third-order valence-corrected chi connectivity index (χ3v) is 3.22. The Morgan fingerprint density at radius 3 is 2.79 bits per heavy atom. The zero-order valence-electron chi connectivity index (χ0n) is 13.0. The Morgan fingerprint density at radius 2 is 2.08 bits per heavy atom. The van der Waals surface area contributed by atoms with Crippen LogP contribution in [0.3, 0.4) is 0 Å². The third kappa shape index (κ3) is 3.83. The van der Waals surface area contributed by atoms with Crippen LogP contribution in [0, 0.1) is 0 Å². The van der Waals surface area contributed by atoms with Crippen LogP contribution in [0.15, 0.2) is 61.5 Å². The SMILES string of the molecule is COc1ccc(/C=C/C(=O)Nc2cc(-n3ccnc3)ncn2)cc1. The molecule has 0 radical (unpaired) electrons. The standard InChI is InChI=1S/C17H15N5O2/c1-24-14-5-2-13(3-6-14)4-7-17(23)21-15-10-16(20-11-19-15)22-9-8-18-12-22/h2-12H,1H3,(H,19,20,21,23)/b7-4+. The second-order valence-corrected chi connectivity index (χ2v) is 4.83. The van der Waals surface area contributed by atoms with Crippen LogP contribution in [0.1, 0.15) is 5.56 Å². The molecule has 0 aliphatic heterocycles. The highest BCUT2D eigenvalue weighted by Gasteiger charge is 2.03. The molecular weight excluding hydrogens is 306 g/mol. The van der Waals surface area contributed by atoms with Gasteiger partial charge in [0.25, 0.3) is 0 Å². The van der Waals surface area contributed by atoms with E-state index in [-0.39, 0.29) is 5.91 Å². The number of amides is 1. The van der Waals surface area contributed by atoms with Crippen molar-refractivity contribution in [2.24, 2.45) is 0 Å². The number of rotatable bonds is 5. The summed E-state index contributed by atoms with van der Waals surface area (Å²) in [6, 6.07) is 9.06. The van der Waals surface area contributed by atoms with Gasteiger partial charge in [-0.1, -0.05) is 12.1 Å². The minimum absolute atomic E-state index is 0.277. The second-order valence-electron chi connectivity index (χ2n) is 4.83. The van der Waals surface area contributed by atoms with Crippen LogP contribution in [0.5, 0.6) is 5.75 Å². The predicted octanol–water partition coefficient (Wildman–Crippen LogP) is 2.32. The summed E-state index contributed by atoms with van der Waals surface area (Å²) in [7, 11) is 1.61. The largest absolute Gasteiger partial charge is 0.497 e. The summed E-state index contributed by atoms with van der Waals surface area (Å²) in [5, 5.41) is 2.70. The molecule has 3 aromatic rings. The molecule has 0 bridgehead atoms. The van der Waals surface area contributed by atoms with Gasteiger partial charge in [0.15, 0.2) is 0 Å². The van der Waals surface area contributed by atoms with Crippen molar-refractivity contribution in [3.63, 3.8) is 0 Å². The van der Waals surface area contributed by atoms with Crippen LogP contribution in [-0.2, 0) is 4.79 Å². The van der Waals surface area contributed by atoms with E-state index in [0.29, 0.717) is 11.6 Å². The normalized spacial score (nSPS) is 10.7. The smallest absolute Gasteiger partial charge is 0.249 e. The van der Waals surface area contributed by atoms with Crippen LogP contribution in [0.25, 0.3) is 11.9 Å². The van der Waals surface area contributed by atoms with Crippen molar-refractivity contribution in [1.29, 1.82) is 0 Å². The van der Waals surface area contributed by atoms with Gasteiger partial charge >= 0.3 is 0 Å². The number of anilines is 1. The lowest BCUT2D eigenvalue weighted by molar-refractivity contribution is -0.111. The minimum Gasteiger partial charge on any atom is -0.497 e. The number of nitrogens with one attached hydrogen (secondary N) is 1. The summed E-state index contributed by atoms with van der Waals surface area (Å²) in [5.41, 5.74) is 0.896. The molecular formula is C17H15N5O2. The maximum Gasteiger partial charge on any atom is 0.249 e. The topological polar surface area (TPSA) is 81.9 Å². The van der Waals surface area contributed by atoms with Gasteiger partial charge in [0.2, 0.25) is 5.91 Å². The zero-order chi connectivity index (χ0) is 16.8. The maximum absolute atomic E-state index is 12.0. The number of benzene rings is 1. The van der Waals surface area contributed by atoms with Crippen molar-refractivity contribution >= 4 is 17.8 Å². The Balaban J connectivity index is 1.66. The molecule has 0 fully saturated rings. The summed E-state index contributed by atoms with van der Waals surface area (Å²) in [6.07, 6.45) is 9.58. The van der Waals surface area contributed by atoms with Crippen LogP contribution in [0.4, 0.5) is 5.82 Å². The van der Waals surface area contributed by atoms with E-state index in [1.807, 2.05) is 24.3 Å². The van der Waals surface area contributed by atoms with E-state index in [4.69, 9.17) is 4.74 Å². The molecule has 2 heterocycles. The maximum atomic E-state index is 12.0. The summed E-state index contributed by atoms with van der Waals surface area (Å²) in [6.45, 7) is 0. The molecule has 0 spiro atoms. The molecule has 0 unspecified atom stereocenters. The van der Waals surface area contributed by atoms with E-state index in [2.05, 4.69) is 20.3 Å². The van der Waals surface area contributed by atoms with Crippen LogP contribution < -0.4 is 10.1 Å². The zero-order valence-corrected chi connectivity index (χ0v) is 13.0. The monoisotopic (exact) mass is 321 g/mol. The van der Waals surface area contributed by atoms with Gasteiger partial charge in [-0.25, -0.2) is 15.0 Å². The fourth-order valence-corrected chi connectivity index (χ4v) is 2.01. The fourth-order valence-electron chi connectivity index (χ4n) is 2.01. The van der Waals surface area contributed by atoms with Crippen molar-refractivity contribution in [2.45, 2.75) is 0 Å². The van der Waals surface area contributed by atoms with Crippen molar-refractivity contribution in [1.82, 2.24) is 19.5 Å². The van der Waals surface area contributed by atoms with E-state index < -0.39 is 0 Å². The lowest BCUT2D eigenvalue weighted by Gasteiger charge is -2.04. The minimum atomic E-state index is -0.277. The molecule has 2 aromatic heterocycles. The number of hydrogen-bond acceptors (Lipinski definition) is 5. The molecule has 0 saturated carbocycles. The summed E-state index contributed by atoms with van der Waals surface area (Å²) < 4.78 is 6.82. The first-order valence-electron chi connectivity index (χ1n) is 7.18. The Labute approximate surface area is 138 Å². The average molecular weight is 321 g/mol. The number of hydrogen-bond donors (Lipinski definition) is 1. The number of aromatic nitrogens is 4. The highest BCUT2D eigenvalue weighted by Crippen LogP contribution is 2.13. The second kappa shape index (κ2) is 7.19. The lowest BCUT2D eigenvalue weighted by atomic mass is 10.2. The number of imidazole rings is 1. The first-order valence-corrected chi connectivity index (χ1v) is 7.18. The first kappa shape index (κ1) is 15.4. The Bertz CT molecular complexity index is 842. The molecule has 0 saturated heterocycles. The number of carbonyl (C=O) groups is 1. The van der Waals surface area contributed by atoms with Crippen LogP contribution in [0.2, 0.25) is 0 Å². The summed E-state index contributed by atoms with van der Waals surface area (Å²) in [5.74, 6) is 1.53. The molecule has 0 aliphatic rings. The quantitative estimate of drug-likeness (QED) is 0.729. The number of carbonyl (C=O) groups excluding carboxylic acids is 1. The first-order chi connectivity index (χ1) is 11.7. The number of methoxy groups -OCH3 is 1. The van der Waals surface area contributed by atoms with E-state index >= 15 is 0 Å². The molecule has 7 nitrogen and oxygen atoms in total. The summed E-state index contributed by atoms with van der Waals surface area (Å²) in [4.78, 5) is 24.1. The molecule has 24 heavy (non-hydrogen) atoms. The van der Waals surface area contributed by atoms with Gasteiger partial charge in [0.05, 0.1) is 7.11 Å². The number of ether oxygens (including phenoxy) is 1. The third-order valence-electron chi connectivity index (χ3n) is 3.22. The van der Waals surface area contributed by atoms with E-state index in [1.165, 1.54) is 12.4 Å². The van der Waals surface area contributed by atoms with Gasteiger partial charge in [0.1, 0.15) is 30.0 Å². The van der Waals surface area contributed by atoms with Gasteiger partial charge < -0.3 is 10.1 Å². The van der Waals surface area contributed by atoms with Crippen molar-refractivity contribution in [2.75, 3.05) is 12.4 Å². The van der Waals surface area contributed by atoms with Gasteiger partial charge in [-0.05, 0) is 23.8 Å². The molecule has 0 aliphatic carbocycles. The molecule has 120 valence electrons. The van der Waals surface area contributed by atoms with Crippen molar-refractivity contribution < 1.29 is 9.53 Å². The molecule has 0 atom stereocenters. The molecule has 7 heteroatoms. The molecule has 3 rings (SSSR count). The van der Waals surface area contributed by atoms with E-state index in [0.717, 1.165) is 11.3 Å².